The Balaban J connectivity index is 2.24. The Bertz CT molecular complexity index is 391. The molecule has 1 N–H and O–H groups in total. The molecule has 1 aliphatic heterocycles. The summed E-state index contributed by atoms with van der Waals surface area (Å²) < 4.78 is 0. The minimum Gasteiger partial charge on any atom is -0.354 e. The second-order valence-corrected chi connectivity index (χ2v) is 5.11. The molecule has 0 spiro atoms. The summed E-state index contributed by atoms with van der Waals surface area (Å²) >= 11 is 0. The van der Waals surface area contributed by atoms with Crippen molar-refractivity contribution in [2.75, 3.05) is 23.3 Å². The molecule has 0 amide bonds. The first-order chi connectivity index (χ1) is 8.70. The Kier molecular flexibility index (Phi) is 4.39. The highest BCUT2D eigenvalue weighted by Crippen LogP contribution is 2.23. The molecule has 1 aliphatic rings. The zero-order valence-corrected chi connectivity index (χ0v) is 11.7. The molecule has 0 saturated carbocycles. The van der Waals surface area contributed by atoms with Gasteiger partial charge in [-0.2, -0.15) is 4.98 Å². The average molecular weight is 248 g/mol. The van der Waals surface area contributed by atoms with E-state index in [0.717, 1.165) is 30.5 Å². The number of rotatable bonds is 3. The van der Waals surface area contributed by atoms with Crippen molar-refractivity contribution in [3.05, 3.63) is 11.8 Å². The zero-order chi connectivity index (χ0) is 13.0. The van der Waals surface area contributed by atoms with Crippen molar-refractivity contribution in [3.63, 3.8) is 0 Å². The molecule has 2 rings (SSSR count). The van der Waals surface area contributed by atoms with Gasteiger partial charge in [-0.1, -0.05) is 12.8 Å². The fourth-order valence-corrected chi connectivity index (χ4v) is 2.55. The monoisotopic (exact) mass is 248 g/mol. The van der Waals surface area contributed by atoms with Gasteiger partial charge in [-0.05, 0) is 33.6 Å². The first-order valence-electron chi connectivity index (χ1n) is 7.07. The van der Waals surface area contributed by atoms with Gasteiger partial charge < -0.3 is 10.2 Å². The third kappa shape index (κ3) is 3.12. The summed E-state index contributed by atoms with van der Waals surface area (Å²) in [6.45, 7) is 8.38. The van der Waals surface area contributed by atoms with Crippen LogP contribution in [-0.4, -0.2) is 29.1 Å². The number of nitrogens with zero attached hydrogens (tertiary/aromatic N) is 3. The number of hydrogen-bond donors (Lipinski definition) is 1. The Labute approximate surface area is 110 Å². The van der Waals surface area contributed by atoms with Gasteiger partial charge in [-0.3, -0.25) is 0 Å². The van der Waals surface area contributed by atoms with Crippen molar-refractivity contribution >= 4 is 11.8 Å². The molecule has 1 aromatic heterocycles. The van der Waals surface area contributed by atoms with Crippen LogP contribution in [0.25, 0.3) is 0 Å². The number of anilines is 2. The van der Waals surface area contributed by atoms with Gasteiger partial charge in [0.15, 0.2) is 0 Å². The molecule has 100 valence electrons. The minimum atomic E-state index is 0.580. The lowest BCUT2D eigenvalue weighted by Crippen LogP contribution is -2.33. The fourth-order valence-electron chi connectivity index (χ4n) is 2.55. The molecule has 1 fully saturated rings. The standard InChI is InChI=1S/C14H24N4/c1-4-15-14-16-11(2)10-13(17-14)18-9-7-5-6-8-12(18)3/h10,12H,4-9H2,1-3H3,(H,15,16,17). The van der Waals surface area contributed by atoms with Crippen LogP contribution >= 0.6 is 0 Å². The molecule has 1 saturated heterocycles. The van der Waals surface area contributed by atoms with Gasteiger partial charge in [-0.25, -0.2) is 4.98 Å². The Morgan fingerprint density at radius 3 is 2.94 bits per heavy atom. The van der Waals surface area contributed by atoms with Gasteiger partial charge in [0.25, 0.3) is 0 Å². The third-order valence-corrected chi connectivity index (χ3v) is 3.52. The summed E-state index contributed by atoms with van der Waals surface area (Å²) in [6.07, 6.45) is 5.20. The number of nitrogens with one attached hydrogen (secondary N) is 1. The predicted molar refractivity (Wildman–Crippen MR) is 76.2 cm³/mol. The molecule has 1 unspecified atom stereocenters. The van der Waals surface area contributed by atoms with E-state index in [1.54, 1.807) is 0 Å². The lowest BCUT2D eigenvalue weighted by Gasteiger charge is -2.28. The van der Waals surface area contributed by atoms with Crippen LogP contribution in [0.3, 0.4) is 0 Å². The van der Waals surface area contributed by atoms with Gasteiger partial charge in [0.2, 0.25) is 5.95 Å². The number of hydrogen-bond acceptors (Lipinski definition) is 4. The van der Waals surface area contributed by atoms with E-state index >= 15 is 0 Å². The summed E-state index contributed by atoms with van der Waals surface area (Å²) in [7, 11) is 0. The Morgan fingerprint density at radius 2 is 2.17 bits per heavy atom. The minimum absolute atomic E-state index is 0.580. The van der Waals surface area contributed by atoms with E-state index in [1.165, 1.54) is 25.7 Å². The second kappa shape index (κ2) is 6.03. The third-order valence-electron chi connectivity index (χ3n) is 3.52. The van der Waals surface area contributed by atoms with E-state index in [1.807, 2.05) is 6.92 Å². The quantitative estimate of drug-likeness (QED) is 0.893. The van der Waals surface area contributed by atoms with E-state index in [9.17, 15) is 0 Å². The fraction of sp³-hybridized carbons (Fsp3) is 0.714. The van der Waals surface area contributed by atoms with Crippen LogP contribution in [0.5, 0.6) is 0 Å². The van der Waals surface area contributed by atoms with Crippen molar-refractivity contribution in [1.82, 2.24) is 9.97 Å². The SMILES string of the molecule is CCNc1nc(C)cc(N2CCCCCC2C)n1. The lowest BCUT2D eigenvalue weighted by molar-refractivity contribution is 0.610. The molecule has 4 heteroatoms. The van der Waals surface area contributed by atoms with Crippen LogP contribution in [0.4, 0.5) is 11.8 Å². The van der Waals surface area contributed by atoms with Gasteiger partial charge in [0, 0.05) is 30.9 Å². The van der Waals surface area contributed by atoms with Crippen LogP contribution in [-0.2, 0) is 0 Å². The van der Waals surface area contributed by atoms with Crippen molar-refractivity contribution in [1.29, 1.82) is 0 Å². The summed E-state index contributed by atoms with van der Waals surface area (Å²) in [4.78, 5) is 11.5. The van der Waals surface area contributed by atoms with Gasteiger partial charge >= 0.3 is 0 Å². The van der Waals surface area contributed by atoms with Gasteiger partial charge in [-0.15, -0.1) is 0 Å². The maximum atomic E-state index is 4.64. The second-order valence-electron chi connectivity index (χ2n) is 5.11. The largest absolute Gasteiger partial charge is 0.354 e. The molecule has 0 aliphatic carbocycles. The van der Waals surface area contributed by atoms with E-state index in [2.05, 4.69) is 40.1 Å². The molecule has 0 aromatic carbocycles. The zero-order valence-electron chi connectivity index (χ0n) is 11.7. The normalized spacial score (nSPS) is 20.6. The molecule has 0 bridgehead atoms. The smallest absolute Gasteiger partial charge is 0.224 e. The van der Waals surface area contributed by atoms with Crippen LogP contribution in [0.15, 0.2) is 6.07 Å². The predicted octanol–water partition coefficient (Wildman–Crippen LogP) is 2.99. The molecule has 1 atom stereocenters. The molecule has 1 aromatic rings. The Hall–Kier alpha value is -1.32. The van der Waals surface area contributed by atoms with Crippen molar-refractivity contribution < 1.29 is 0 Å². The summed E-state index contributed by atoms with van der Waals surface area (Å²) in [5, 5.41) is 3.21. The lowest BCUT2D eigenvalue weighted by atomic mass is 10.1. The first-order valence-corrected chi connectivity index (χ1v) is 7.07. The highest BCUT2D eigenvalue weighted by molar-refractivity contribution is 5.45. The van der Waals surface area contributed by atoms with E-state index < -0.39 is 0 Å². The molecule has 18 heavy (non-hydrogen) atoms. The van der Waals surface area contributed by atoms with Crippen molar-refractivity contribution in [3.8, 4) is 0 Å². The topological polar surface area (TPSA) is 41.1 Å². The molecule has 0 radical (unpaired) electrons. The number of aromatic nitrogens is 2. The summed E-state index contributed by atoms with van der Waals surface area (Å²) in [5.41, 5.74) is 1.03. The van der Waals surface area contributed by atoms with E-state index in [0.29, 0.717) is 6.04 Å². The van der Waals surface area contributed by atoms with Crippen molar-refractivity contribution in [2.24, 2.45) is 0 Å². The Morgan fingerprint density at radius 1 is 1.33 bits per heavy atom. The molecular formula is C14H24N4. The van der Waals surface area contributed by atoms with Crippen molar-refractivity contribution in [2.45, 2.75) is 52.5 Å². The highest BCUT2D eigenvalue weighted by atomic mass is 15.2. The van der Waals surface area contributed by atoms with Crippen LogP contribution in [0.1, 0.15) is 45.2 Å². The first kappa shape index (κ1) is 13.1. The highest BCUT2D eigenvalue weighted by Gasteiger charge is 2.19. The van der Waals surface area contributed by atoms with Gasteiger partial charge in [0.05, 0.1) is 0 Å². The maximum Gasteiger partial charge on any atom is 0.224 e. The van der Waals surface area contributed by atoms with Crippen LogP contribution < -0.4 is 10.2 Å². The van der Waals surface area contributed by atoms with Crippen LogP contribution in [0, 0.1) is 6.92 Å². The van der Waals surface area contributed by atoms with Crippen LogP contribution in [0.2, 0.25) is 0 Å². The average Bonchev–Trinajstić information content (AvgIpc) is 2.53. The van der Waals surface area contributed by atoms with Gasteiger partial charge in [0.1, 0.15) is 5.82 Å². The number of aryl methyl sites for hydroxylation is 1. The van der Waals surface area contributed by atoms with E-state index in [4.69, 9.17) is 0 Å². The molecule has 4 nitrogen and oxygen atoms in total. The maximum absolute atomic E-state index is 4.64. The summed E-state index contributed by atoms with van der Waals surface area (Å²) in [5.74, 6) is 1.83. The van der Waals surface area contributed by atoms with E-state index in [-0.39, 0.29) is 0 Å². The molecule has 2 heterocycles. The molecular weight excluding hydrogens is 224 g/mol. The summed E-state index contributed by atoms with van der Waals surface area (Å²) in [6, 6.07) is 2.68.